The number of aryl methyl sites for hydroxylation is 2. The van der Waals surface area contributed by atoms with Crippen LogP contribution in [-0.4, -0.2) is 32.0 Å². The summed E-state index contributed by atoms with van der Waals surface area (Å²) in [6, 6.07) is 5.22. The van der Waals surface area contributed by atoms with Crippen LogP contribution in [0, 0.1) is 0 Å². The first-order chi connectivity index (χ1) is 9.44. The fraction of sp³-hybridized carbons (Fsp3) is 0.462. The third-order valence-corrected chi connectivity index (χ3v) is 5.66. The molecule has 0 amide bonds. The minimum atomic E-state index is -3.58. The number of hydrogen-bond donors (Lipinski definition) is 1. The van der Waals surface area contributed by atoms with Crippen LogP contribution in [-0.2, 0) is 32.4 Å². The van der Waals surface area contributed by atoms with Crippen molar-refractivity contribution >= 4 is 38.6 Å². The van der Waals surface area contributed by atoms with E-state index in [1.807, 2.05) is 28.7 Å². The topological polar surface area (TPSA) is 72.5 Å². The first kappa shape index (κ1) is 15.7. The second kappa shape index (κ2) is 6.40. The van der Waals surface area contributed by atoms with Crippen LogP contribution in [0.3, 0.4) is 0 Å². The van der Waals surface area contributed by atoms with Crippen molar-refractivity contribution in [3.8, 4) is 0 Å². The van der Waals surface area contributed by atoms with E-state index in [1.165, 1.54) is 12.7 Å². The molecule has 5 nitrogen and oxygen atoms in total. The van der Waals surface area contributed by atoms with E-state index in [1.54, 1.807) is 12.1 Å². The number of nitrogens with one attached hydrogen (secondary N) is 1. The zero-order chi connectivity index (χ0) is 14.8. The number of hydrogen-bond acceptors (Lipinski definition) is 4. The van der Waals surface area contributed by atoms with Crippen LogP contribution in [0.4, 0.5) is 0 Å². The SMILES string of the molecule is COC(=O)C(I)CNS(=O)(=O)c1ccc2c(c1)CCC2. The van der Waals surface area contributed by atoms with Crippen LogP contribution in [0.2, 0.25) is 0 Å². The Balaban J connectivity index is 2.09. The predicted molar refractivity (Wildman–Crippen MR) is 83.5 cm³/mol. The molecular weight excluding hydrogens is 393 g/mol. The number of benzene rings is 1. The Kier molecular flexibility index (Phi) is 5.03. The van der Waals surface area contributed by atoms with E-state index in [-0.39, 0.29) is 11.4 Å². The average molecular weight is 409 g/mol. The van der Waals surface area contributed by atoms with Crippen molar-refractivity contribution in [2.75, 3.05) is 13.7 Å². The average Bonchev–Trinajstić information content (AvgIpc) is 2.91. The maximum Gasteiger partial charge on any atom is 0.319 e. The standard InChI is InChI=1S/C13H16INO4S/c1-19-13(16)12(14)8-15-20(17,18)11-6-5-9-3-2-4-10(9)7-11/h5-7,12,15H,2-4,8H2,1H3. The number of methoxy groups -OCH3 is 1. The molecule has 1 N–H and O–H groups in total. The molecule has 1 aliphatic rings. The Bertz CT molecular complexity index is 615. The number of carbonyl (C=O) groups is 1. The molecule has 0 spiro atoms. The molecule has 0 fully saturated rings. The Morgan fingerprint density at radius 2 is 2.10 bits per heavy atom. The van der Waals surface area contributed by atoms with Crippen molar-refractivity contribution < 1.29 is 17.9 Å². The van der Waals surface area contributed by atoms with Gasteiger partial charge in [-0.15, -0.1) is 0 Å². The van der Waals surface area contributed by atoms with Gasteiger partial charge in [0.1, 0.15) is 3.92 Å². The number of esters is 1. The van der Waals surface area contributed by atoms with Gasteiger partial charge in [-0.1, -0.05) is 28.7 Å². The first-order valence-corrected chi connectivity index (χ1v) is 9.00. The lowest BCUT2D eigenvalue weighted by molar-refractivity contribution is -0.139. The predicted octanol–water partition coefficient (Wildman–Crippen LogP) is 1.43. The largest absolute Gasteiger partial charge is 0.468 e. The lowest BCUT2D eigenvalue weighted by Gasteiger charge is -2.11. The smallest absolute Gasteiger partial charge is 0.319 e. The zero-order valence-electron chi connectivity index (χ0n) is 11.1. The minimum Gasteiger partial charge on any atom is -0.468 e. The number of sulfonamides is 1. The molecule has 0 aliphatic heterocycles. The summed E-state index contributed by atoms with van der Waals surface area (Å²) in [6.07, 6.45) is 3.02. The molecule has 0 aromatic heterocycles. The molecule has 1 unspecified atom stereocenters. The van der Waals surface area contributed by atoms with Gasteiger partial charge in [0.15, 0.2) is 0 Å². The molecule has 1 aromatic carbocycles. The maximum atomic E-state index is 12.2. The summed E-state index contributed by atoms with van der Waals surface area (Å²) in [5.41, 5.74) is 2.33. The van der Waals surface area contributed by atoms with Gasteiger partial charge in [0.2, 0.25) is 10.0 Å². The number of ether oxygens (including phenoxy) is 1. The first-order valence-electron chi connectivity index (χ1n) is 6.27. The van der Waals surface area contributed by atoms with E-state index in [9.17, 15) is 13.2 Å². The fourth-order valence-corrected chi connectivity index (χ4v) is 4.06. The van der Waals surface area contributed by atoms with Crippen LogP contribution in [0.25, 0.3) is 0 Å². The molecule has 0 saturated heterocycles. The molecule has 1 atom stereocenters. The summed E-state index contributed by atoms with van der Waals surface area (Å²) in [5, 5.41) is 0. The molecule has 20 heavy (non-hydrogen) atoms. The van der Waals surface area contributed by atoms with Gasteiger partial charge >= 0.3 is 5.97 Å². The van der Waals surface area contributed by atoms with Crippen molar-refractivity contribution in [3.05, 3.63) is 29.3 Å². The van der Waals surface area contributed by atoms with Crippen LogP contribution in [0.1, 0.15) is 17.5 Å². The number of carbonyl (C=O) groups excluding carboxylic acids is 1. The summed E-state index contributed by atoms with van der Waals surface area (Å²) in [5.74, 6) is -0.442. The Morgan fingerprint density at radius 1 is 1.40 bits per heavy atom. The van der Waals surface area contributed by atoms with Crippen molar-refractivity contribution in [2.24, 2.45) is 0 Å². The van der Waals surface area contributed by atoms with Gasteiger partial charge in [-0.2, -0.15) is 0 Å². The van der Waals surface area contributed by atoms with Crippen LogP contribution < -0.4 is 4.72 Å². The van der Waals surface area contributed by atoms with Crippen molar-refractivity contribution in [1.82, 2.24) is 4.72 Å². The highest BCUT2D eigenvalue weighted by Crippen LogP contribution is 2.24. The second-order valence-corrected chi connectivity index (χ2v) is 7.90. The van der Waals surface area contributed by atoms with Gasteiger partial charge in [0.05, 0.1) is 12.0 Å². The quantitative estimate of drug-likeness (QED) is 0.454. The van der Waals surface area contributed by atoms with Gasteiger partial charge in [-0.05, 0) is 42.5 Å². The van der Waals surface area contributed by atoms with Crippen LogP contribution in [0.15, 0.2) is 23.1 Å². The van der Waals surface area contributed by atoms with E-state index in [0.29, 0.717) is 0 Å². The molecule has 0 bridgehead atoms. The van der Waals surface area contributed by atoms with Gasteiger partial charge < -0.3 is 4.74 Å². The molecule has 0 heterocycles. The lowest BCUT2D eigenvalue weighted by atomic mass is 10.1. The summed E-state index contributed by atoms with van der Waals surface area (Å²) < 4.78 is 30.8. The van der Waals surface area contributed by atoms with E-state index in [2.05, 4.69) is 9.46 Å². The highest BCUT2D eigenvalue weighted by Gasteiger charge is 2.21. The highest BCUT2D eigenvalue weighted by atomic mass is 127. The van der Waals surface area contributed by atoms with E-state index < -0.39 is 19.9 Å². The Hall–Kier alpha value is -0.670. The Morgan fingerprint density at radius 3 is 2.80 bits per heavy atom. The van der Waals surface area contributed by atoms with E-state index in [4.69, 9.17) is 0 Å². The van der Waals surface area contributed by atoms with Crippen LogP contribution in [0.5, 0.6) is 0 Å². The summed E-state index contributed by atoms with van der Waals surface area (Å²) >= 11 is 1.85. The van der Waals surface area contributed by atoms with Crippen molar-refractivity contribution in [2.45, 2.75) is 28.1 Å². The monoisotopic (exact) mass is 409 g/mol. The van der Waals surface area contributed by atoms with Gasteiger partial charge in [0, 0.05) is 6.54 Å². The normalized spacial score (nSPS) is 15.7. The summed E-state index contributed by atoms with van der Waals surface area (Å²) in [6.45, 7) is 0.0205. The summed E-state index contributed by atoms with van der Waals surface area (Å²) in [4.78, 5) is 11.5. The zero-order valence-corrected chi connectivity index (χ0v) is 14.0. The van der Waals surface area contributed by atoms with Crippen molar-refractivity contribution in [3.63, 3.8) is 0 Å². The lowest BCUT2D eigenvalue weighted by Crippen LogP contribution is -2.33. The van der Waals surface area contributed by atoms with Gasteiger partial charge in [-0.3, -0.25) is 4.79 Å². The molecule has 0 saturated carbocycles. The molecular formula is C13H16INO4S. The number of rotatable bonds is 5. The third-order valence-electron chi connectivity index (χ3n) is 3.29. The second-order valence-electron chi connectivity index (χ2n) is 4.63. The molecule has 1 aromatic rings. The van der Waals surface area contributed by atoms with Gasteiger partial charge in [-0.25, -0.2) is 13.1 Å². The van der Waals surface area contributed by atoms with Crippen LogP contribution >= 0.6 is 22.6 Å². The molecule has 1 aliphatic carbocycles. The minimum absolute atomic E-state index is 0.0205. The Labute approximate surface area is 132 Å². The third kappa shape index (κ3) is 3.50. The molecule has 2 rings (SSSR count). The maximum absolute atomic E-state index is 12.2. The molecule has 0 radical (unpaired) electrons. The summed E-state index contributed by atoms with van der Waals surface area (Å²) in [7, 11) is -2.30. The van der Waals surface area contributed by atoms with Crippen molar-refractivity contribution in [1.29, 1.82) is 0 Å². The van der Waals surface area contributed by atoms with E-state index in [0.717, 1.165) is 24.8 Å². The number of fused-ring (bicyclic) bond motifs is 1. The highest BCUT2D eigenvalue weighted by molar-refractivity contribution is 14.1. The molecule has 7 heteroatoms. The molecule has 110 valence electrons. The fourth-order valence-electron chi connectivity index (χ4n) is 2.19. The number of halogens is 1. The number of alkyl halides is 1. The van der Waals surface area contributed by atoms with E-state index >= 15 is 0 Å². The van der Waals surface area contributed by atoms with Gasteiger partial charge in [0.25, 0.3) is 0 Å².